The third-order valence-corrected chi connectivity index (χ3v) is 4.54. The molecule has 1 aliphatic rings. The van der Waals surface area contributed by atoms with E-state index < -0.39 is 5.60 Å². The van der Waals surface area contributed by atoms with Crippen LogP contribution in [0.25, 0.3) is 11.0 Å². The summed E-state index contributed by atoms with van der Waals surface area (Å²) in [4.78, 5) is 18.6. The second kappa shape index (κ2) is 6.28. The Hall–Kier alpha value is -1.75. The number of rotatable bonds is 1. The van der Waals surface area contributed by atoms with Crippen molar-refractivity contribution < 1.29 is 9.53 Å². The number of imidazole rings is 1. The number of nitrogens with zero attached hydrogens (tertiary/aromatic N) is 3. The number of aryl methyl sites for hydroxylation is 1. The minimum atomic E-state index is -0.457. The molecule has 0 atom stereocenters. The number of hydrogen-bond donors (Lipinski definition) is 0. The third kappa shape index (κ3) is 3.51. The number of carbonyl (C=O) groups excluding carboxylic acids is 1. The van der Waals surface area contributed by atoms with Crippen molar-refractivity contribution in [1.29, 1.82) is 0 Å². The van der Waals surface area contributed by atoms with Crippen LogP contribution in [0.5, 0.6) is 0 Å². The van der Waals surface area contributed by atoms with Crippen molar-refractivity contribution in [2.75, 3.05) is 13.1 Å². The first-order valence-electron chi connectivity index (χ1n) is 8.36. The Morgan fingerprint density at radius 3 is 2.58 bits per heavy atom. The van der Waals surface area contributed by atoms with Crippen molar-refractivity contribution in [2.24, 2.45) is 0 Å². The van der Waals surface area contributed by atoms with Gasteiger partial charge in [-0.15, -0.1) is 0 Å². The first kappa shape index (κ1) is 17.1. The van der Waals surface area contributed by atoms with Gasteiger partial charge in [-0.05, 0) is 58.7 Å². The summed E-state index contributed by atoms with van der Waals surface area (Å²) in [5.74, 6) is 0.989. The van der Waals surface area contributed by atoms with E-state index in [1.165, 1.54) is 0 Å². The van der Waals surface area contributed by atoms with Gasteiger partial charge in [0.05, 0.1) is 11.0 Å². The second-order valence-corrected chi connectivity index (χ2v) is 7.80. The fourth-order valence-electron chi connectivity index (χ4n) is 3.28. The SMILES string of the molecule is Cc1nc2ccc(Cl)cc2n1C1CCN(C(=O)OC(C)(C)C)CC1. The molecule has 1 amide bonds. The Kier molecular flexibility index (Phi) is 4.47. The van der Waals surface area contributed by atoms with Crippen molar-refractivity contribution in [3.63, 3.8) is 0 Å². The van der Waals surface area contributed by atoms with Crippen molar-refractivity contribution >= 4 is 28.7 Å². The van der Waals surface area contributed by atoms with Crippen LogP contribution < -0.4 is 0 Å². The normalized spacial score (nSPS) is 16.6. The van der Waals surface area contributed by atoms with Crippen LogP contribution in [0.15, 0.2) is 18.2 Å². The van der Waals surface area contributed by atoms with Gasteiger partial charge in [0, 0.05) is 24.2 Å². The van der Waals surface area contributed by atoms with Crippen molar-refractivity contribution in [3.8, 4) is 0 Å². The molecule has 1 aromatic carbocycles. The molecule has 3 rings (SSSR count). The Labute approximate surface area is 147 Å². The monoisotopic (exact) mass is 349 g/mol. The Bertz CT molecular complexity index is 755. The van der Waals surface area contributed by atoms with E-state index in [1.54, 1.807) is 4.90 Å². The Morgan fingerprint density at radius 2 is 1.96 bits per heavy atom. The minimum Gasteiger partial charge on any atom is -0.444 e. The van der Waals surface area contributed by atoms with Crippen molar-refractivity contribution in [1.82, 2.24) is 14.5 Å². The zero-order valence-electron chi connectivity index (χ0n) is 14.7. The van der Waals surface area contributed by atoms with Gasteiger partial charge < -0.3 is 14.2 Å². The Morgan fingerprint density at radius 1 is 1.29 bits per heavy atom. The first-order valence-corrected chi connectivity index (χ1v) is 8.74. The number of halogens is 1. The topological polar surface area (TPSA) is 47.4 Å². The first-order chi connectivity index (χ1) is 11.2. The number of hydrogen-bond acceptors (Lipinski definition) is 3. The predicted molar refractivity (Wildman–Crippen MR) is 95.6 cm³/mol. The lowest BCUT2D eigenvalue weighted by atomic mass is 10.0. The summed E-state index contributed by atoms with van der Waals surface area (Å²) in [5.41, 5.74) is 1.57. The average molecular weight is 350 g/mol. The van der Waals surface area contributed by atoms with E-state index in [0.29, 0.717) is 19.1 Å². The van der Waals surface area contributed by atoms with Gasteiger partial charge in [0.1, 0.15) is 11.4 Å². The third-order valence-electron chi connectivity index (χ3n) is 4.31. The molecule has 130 valence electrons. The smallest absolute Gasteiger partial charge is 0.410 e. The zero-order valence-corrected chi connectivity index (χ0v) is 15.4. The molecule has 0 N–H and O–H groups in total. The van der Waals surface area contributed by atoms with E-state index in [0.717, 1.165) is 34.7 Å². The number of amides is 1. The Balaban J connectivity index is 1.75. The number of carbonyl (C=O) groups is 1. The van der Waals surface area contributed by atoms with Crippen LogP contribution in [0.3, 0.4) is 0 Å². The summed E-state index contributed by atoms with van der Waals surface area (Å²) in [5, 5.41) is 0.717. The van der Waals surface area contributed by atoms with Gasteiger partial charge in [-0.1, -0.05) is 11.6 Å². The van der Waals surface area contributed by atoms with E-state index in [1.807, 2.05) is 45.9 Å². The van der Waals surface area contributed by atoms with Gasteiger partial charge >= 0.3 is 6.09 Å². The molecular weight excluding hydrogens is 326 g/mol. The van der Waals surface area contributed by atoms with Crippen LogP contribution in [0.1, 0.15) is 45.5 Å². The van der Waals surface area contributed by atoms with Crippen LogP contribution >= 0.6 is 11.6 Å². The van der Waals surface area contributed by atoms with Crippen LogP contribution in [-0.4, -0.2) is 39.2 Å². The molecular formula is C18H24ClN3O2. The van der Waals surface area contributed by atoms with Crippen molar-refractivity contribution in [2.45, 2.75) is 52.2 Å². The highest BCUT2D eigenvalue weighted by Crippen LogP contribution is 2.30. The zero-order chi connectivity index (χ0) is 17.5. The van der Waals surface area contributed by atoms with Gasteiger partial charge in [0.2, 0.25) is 0 Å². The predicted octanol–water partition coefficient (Wildman–Crippen LogP) is 4.57. The number of fused-ring (bicyclic) bond motifs is 1. The van der Waals surface area contributed by atoms with Gasteiger partial charge in [-0.3, -0.25) is 0 Å². The van der Waals surface area contributed by atoms with E-state index in [-0.39, 0.29) is 6.09 Å². The highest BCUT2D eigenvalue weighted by atomic mass is 35.5. The molecule has 0 unspecified atom stereocenters. The fourth-order valence-corrected chi connectivity index (χ4v) is 3.45. The van der Waals surface area contributed by atoms with E-state index >= 15 is 0 Å². The van der Waals surface area contributed by atoms with E-state index in [2.05, 4.69) is 9.55 Å². The molecule has 1 aliphatic heterocycles. The molecule has 0 bridgehead atoms. The second-order valence-electron chi connectivity index (χ2n) is 7.36. The van der Waals surface area contributed by atoms with E-state index in [4.69, 9.17) is 16.3 Å². The number of benzene rings is 1. The molecule has 1 aromatic heterocycles. The maximum Gasteiger partial charge on any atom is 0.410 e. The number of likely N-dealkylation sites (tertiary alicyclic amines) is 1. The largest absolute Gasteiger partial charge is 0.444 e. The molecule has 5 nitrogen and oxygen atoms in total. The van der Waals surface area contributed by atoms with Gasteiger partial charge in [-0.2, -0.15) is 0 Å². The molecule has 0 aliphatic carbocycles. The molecule has 1 saturated heterocycles. The summed E-state index contributed by atoms with van der Waals surface area (Å²) < 4.78 is 7.72. The molecule has 0 spiro atoms. The standard InChI is InChI=1S/C18H24ClN3O2/c1-12-20-15-6-5-13(19)11-16(15)22(12)14-7-9-21(10-8-14)17(23)24-18(2,3)4/h5-6,11,14H,7-10H2,1-4H3. The average Bonchev–Trinajstić information content (AvgIpc) is 2.81. The highest BCUT2D eigenvalue weighted by molar-refractivity contribution is 6.31. The minimum absolute atomic E-state index is 0.226. The van der Waals surface area contributed by atoms with Crippen LogP contribution in [0.4, 0.5) is 4.79 Å². The summed E-state index contributed by atoms with van der Waals surface area (Å²) in [6, 6.07) is 6.12. The van der Waals surface area contributed by atoms with Gasteiger partial charge in [-0.25, -0.2) is 9.78 Å². The number of ether oxygens (including phenoxy) is 1. The van der Waals surface area contributed by atoms with Gasteiger partial charge in [0.15, 0.2) is 0 Å². The molecule has 24 heavy (non-hydrogen) atoms. The van der Waals surface area contributed by atoms with Crippen LogP contribution in [-0.2, 0) is 4.74 Å². The van der Waals surface area contributed by atoms with Gasteiger partial charge in [0.25, 0.3) is 0 Å². The number of aromatic nitrogens is 2. The maximum atomic E-state index is 12.2. The van der Waals surface area contributed by atoms with Crippen molar-refractivity contribution in [3.05, 3.63) is 29.0 Å². The lowest BCUT2D eigenvalue weighted by Gasteiger charge is -2.34. The summed E-state index contributed by atoms with van der Waals surface area (Å²) in [7, 11) is 0. The molecule has 2 aromatic rings. The lowest BCUT2D eigenvalue weighted by molar-refractivity contribution is 0.0189. The summed E-state index contributed by atoms with van der Waals surface area (Å²) >= 11 is 6.15. The highest BCUT2D eigenvalue weighted by Gasteiger charge is 2.28. The summed E-state index contributed by atoms with van der Waals surface area (Å²) in [6.45, 7) is 9.08. The maximum absolute atomic E-state index is 12.2. The lowest BCUT2D eigenvalue weighted by Crippen LogP contribution is -2.42. The van der Waals surface area contributed by atoms with Crippen LogP contribution in [0, 0.1) is 6.92 Å². The molecule has 1 fully saturated rings. The fraction of sp³-hybridized carbons (Fsp3) is 0.556. The molecule has 0 radical (unpaired) electrons. The number of piperidine rings is 1. The van der Waals surface area contributed by atoms with E-state index in [9.17, 15) is 4.79 Å². The molecule has 2 heterocycles. The van der Waals surface area contributed by atoms with Crippen LogP contribution in [0.2, 0.25) is 5.02 Å². The molecule has 6 heteroatoms. The summed E-state index contributed by atoms with van der Waals surface area (Å²) in [6.07, 6.45) is 1.55. The molecule has 0 saturated carbocycles. The quantitative estimate of drug-likeness (QED) is 0.757.